The number of rotatable bonds is 4. The maximum absolute atomic E-state index is 8.93. The number of benzene rings is 1. The summed E-state index contributed by atoms with van der Waals surface area (Å²) < 4.78 is 0. The minimum atomic E-state index is -0.176. The first-order valence-electron chi connectivity index (χ1n) is 5.03. The zero-order valence-electron chi connectivity index (χ0n) is 8.73. The van der Waals surface area contributed by atoms with Crippen LogP contribution in [0.5, 0.6) is 0 Å². The second-order valence-corrected chi connectivity index (χ2v) is 3.77. The van der Waals surface area contributed by atoms with Gasteiger partial charge in [0, 0.05) is 5.69 Å². The van der Waals surface area contributed by atoms with Crippen LogP contribution in [0.3, 0.4) is 0 Å². The number of anilines is 1. The van der Waals surface area contributed by atoms with Crippen LogP contribution in [0.2, 0.25) is 0 Å². The summed E-state index contributed by atoms with van der Waals surface area (Å²) in [6.07, 6.45) is 1.78. The Morgan fingerprint density at radius 3 is 2.67 bits per heavy atom. The first-order chi connectivity index (χ1) is 7.27. The van der Waals surface area contributed by atoms with Gasteiger partial charge in [-0.25, -0.2) is 0 Å². The van der Waals surface area contributed by atoms with Crippen LogP contribution in [0.25, 0.3) is 0 Å². The number of nitrogens with one attached hydrogen (secondary N) is 1. The van der Waals surface area contributed by atoms with Crippen LogP contribution < -0.4 is 5.32 Å². The molecule has 0 aliphatic heterocycles. The maximum atomic E-state index is 8.93. The third-order valence-electron chi connectivity index (χ3n) is 2.09. The molecule has 1 aromatic carbocycles. The Labute approximate surface area is 95.9 Å². The Bertz CT molecular complexity index is 354. The van der Waals surface area contributed by atoms with Crippen molar-refractivity contribution in [2.24, 2.45) is 5.92 Å². The lowest BCUT2D eigenvalue weighted by atomic mass is 10.1. The minimum absolute atomic E-state index is 0.176. The zero-order valence-corrected chi connectivity index (χ0v) is 9.55. The first-order valence-corrected chi connectivity index (χ1v) is 5.44. The number of hydrogen-bond acceptors (Lipinski definition) is 2. The largest absolute Gasteiger partial charge is 0.349 e. The highest BCUT2D eigenvalue weighted by atomic mass is 32.1. The highest BCUT2D eigenvalue weighted by Gasteiger charge is 2.12. The van der Waals surface area contributed by atoms with E-state index in [0.29, 0.717) is 4.99 Å². The standard InChI is InChI=1S/C12H14N2S/c1-2-6-10(9-13)12(15)14-11-7-4-3-5-8-11/h3-5,7-8,10H,2,6H2,1H3,(H,14,15). The van der Waals surface area contributed by atoms with Crippen molar-refractivity contribution < 1.29 is 0 Å². The van der Waals surface area contributed by atoms with Crippen molar-refractivity contribution in [3.8, 4) is 6.07 Å². The highest BCUT2D eigenvalue weighted by Crippen LogP contribution is 2.12. The molecular weight excluding hydrogens is 204 g/mol. The Balaban J connectivity index is 2.59. The fraction of sp³-hybridized carbons (Fsp3) is 0.333. The van der Waals surface area contributed by atoms with Crippen molar-refractivity contribution in [3.05, 3.63) is 30.3 Å². The molecule has 1 N–H and O–H groups in total. The lowest BCUT2D eigenvalue weighted by molar-refractivity contribution is 0.737. The summed E-state index contributed by atoms with van der Waals surface area (Å²) >= 11 is 5.19. The van der Waals surface area contributed by atoms with Crippen LogP contribution in [-0.4, -0.2) is 4.99 Å². The van der Waals surface area contributed by atoms with Crippen LogP contribution in [0.1, 0.15) is 19.8 Å². The summed E-state index contributed by atoms with van der Waals surface area (Å²) in [4.78, 5) is 0.616. The number of nitrogens with zero attached hydrogens (tertiary/aromatic N) is 1. The molecule has 0 heterocycles. The van der Waals surface area contributed by atoms with E-state index >= 15 is 0 Å². The van der Waals surface area contributed by atoms with Gasteiger partial charge in [0.15, 0.2) is 0 Å². The zero-order chi connectivity index (χ0) is 11.1. The van der Waals surface area contributed by atoms with Gasteiger partial charge < -0.3 is 5.32 Å². The topological polar surface area (TPSA) is 35.8 Å². The van der Waals surface area contributed by atoms with E-state index < -0.39 is 0 Å². The maximum Gasteiger partial charge on any atom is 0.0971 e. The quantitative estimate of drug-likeness (QED) is 0.787. The molecule has 0 aliphatic rings. The van der Waals surface area contributed by atoms with Crippen LogP contribution in [0.15, 0.2) is 30.3 Å². The number of para-hydroxylation sites is 1. The number of nitriles is 1. The molecule has 0 aromatic heterocycles. The fourth-order valence-corrected chi connectivity index (χ4v) is 1.58. The van der Waals surface area contributed by atoms with Gasteiger partial charge in [0.2, 0.25) is 0 Å². The predicted octanol–water partition coefficient (Wildman–Crippen LogP) is 3.37. The lowest BCUT2D eigenvalue weighted by Crippen LogP contribution is -2.19. The van der Waals surface area contributed by atoms with E-state index in [-0.39, 0.29) is 5.92 Å². The van der Waals surface area contributed by atoms with Gasteiger partial charge in [-0.2, -0.15) is 5.26 Å². The second kappa shape index (κ2) is 6.15. The Hall–Kier alpha value is -1.40. The first kappa shape index (κ1) is 11.7. The van der Waals surface area contributed by atoms with E-state index in [0.717, 1.165) is 18.5 Å². The molecule has 0 fully saturated rings. The van der Waals surface area contributed by atoms with Gasteiger partial charge in [0.05, 0.1) is 17.0 Å². The fourth-order valence-electron chi connectivity index (χ4n) is 1.29. The molecule has 0 aliphatic carbocycles. The van der Waals surface area contributed by atoms with Gasteiger partial charge in [-0.3, -0.25) is 0 Å². The van der Waals surface area contributed by atoms with Crippen LogP contribution in [0.4, 0.5) is 5.69 Å². The summed E-state index contributed by atoms with van der Waals surface area (Å²) in [5.74, 6) is -0.176. The van der Waals surface area contributed by atoms with Gasteiger partial charge in [-0.15, -0.1) is 0 Å². The smallest absolute Gasteiger partial charge is 0.0971 e. The van der Waals surface area contributed by atoms with Crippen molar-refractivity contribution in [2.75, 3.05) is 5.32 Å². The van der Waals surface area contributed by atoms with Crippen molar-refractivity contribution in [2.45, 2.75) is 19.8 Å². The van der Waals surface area contributed by atoms with Gasteiger partial charge >= 0.3 is 0 Å². The molecule has 1 unspecified atom stereocenters. The summed E-state index contributed by atoms with van der Waals surface area (Å²) in [5, 5.41) is 12.0. The second-order valence-electron chi connectivity index (χ2n) is 3.33. The molecular formula is C12H14N2S. The normalized spacial score (nSPS) is 11.5. The lowest BCUT2D eigenvalue weighted by Gasteiger charge is -2.11. The summed E-state index contributed by atoms with van der Waals surface area (Å²) in [6.45, 7) is 2.05. The number of hydrogen-bond donors (Lipinski definition) is 1. The molecule has 0 saturated carbocycles. The highest BCUT2D eigenvalue weighted by molar-refractivity contribution is 7.80. The van der Waals surface area contributed by atoms with Gasteiger partial charge in [-0.05, 0) is 18.6 Å². The van der Waals surface area contributed by atoms with Crippen LogP contribution in [0, 0.1) is 17.2 Å². The average molecular weight is 218 g/mol. The molecule has 1 rings (SSSR count). The van der Waals surface area contributed by atoms with E-state index in [1.165, 1.54) is 0 Å². The molecule has 0 spiro atoms. The summed E-state index contributed by atoms with van der Waals surface area (Å²) in [6, 6.07) is 11.9. The summed E-state index contributed by atoms with van der Waals surface area (Å²) in [7, 11) is 0. The van der Waals surface area contributed by atoms with Crippen molar-refractivity contribution in [1.82, 2.24) is 0 Å². The van der Waals surface area contributed by atoms with Crippen molar-refractivity contribution in [1.29, 1.82) is 5.26 Å². The molecule has 0 radical (unpaired) electrons. The Morgan fingerprint density at radius 2 is 2.13 bits per heavy atom. The number of thiocarbonyl (C=S) groups is 1. The molecule has 1 aromatic rings. The average Bonchev–Trinajstić information content (AvgIpc) is 2.27. The van der Waals surface area contributed by atoms with E-state index in [9.17, 15) is 0 Å². The van der Waals surface area contributed by atoms with Gasteiger partial charge in [0.1, 0.15) is 0 Å². The van der Waals surface area contributed by atoms with Crippen LogP contribution in [-0.2, 0) is 0 Å². The third kappa shape index (κ3) is 3.69. The molecule has 15 heavy (non-hydrogen) atoms. The minimum Gasteiger partial charge on any atom is -0.349 e. The van der Waals surface area contributed by atoms with Gasteiger partial charge in [-0.1, -0.05) is 43.8 Å². The molecule has 3 heteroatoms. The predicted molar refractivity (Wildman–Crippen MR) is 66.7 cm³/mol. The molecule has 2 nitrogen and oxygen atoms in total. The SMILES string of the molecule is CCCC(C#N)C(=S)Nc1ccccc1. The van der Waals surface area contributed by atoms with Gasteiger partial charge in [0.25, 0.3) is 0 Å². The molecule has 0 amide bonds. The van der Waals surface area contributed by atoms with E-state index in [1.54, 1.807) is 0 Å². The monoisotopic (exact) mass is 218 g/mol. The van der Waals surface area contributed by atoms with Crippen molar-refractivity contribution in [3.63, 3.8) is 0 Å². The van der Waals surface area contributed by atoms with E-state index in [1.807, 2.05) is 30.3 Å². The molecule has 78 valence electrons. The Morgan fingerprint density at radius 1 is 1.47 bits per heavy atom. The van der Waals surface area contributed by atoms with E-state index in [2.05, 4.69) is 18.3 Å². The summed E-state index contributed by atoms with van der Waals surface area (Å²) in [5.41, 5.74) is 0.943. The van der Waals surface area contributed by atoms with Crippen molar-refractivity contribution >= 4 is 22.9 Å². The molecule has 0 bridgehead atoms. The van der Waals surface area contributed by atoms with E-state index in [4.69, 9.17) is 17.5 Å². The Kier molecular flexibility index (Phi) is 4.79. The third-order valence-corrected chi connectivity index (χ3v) is 2.48. The molecule has 1 atom stereocenters. The molecule has 0 saturated heterocycles. The van der Waals surface area contributed by atoms with Crippen LogP contribution >= 0.6 is 12.2 Å².